The highest BCUT2D eigenvalue weighted by molar-refractivity contribution is 7.98. The molecule has 3 aromatic carbocycles. The number of rotatable bonds is 5. The number of hydrogen-bond donors (Lipinski definition) is 0. The normalized spacial score (nSPS) is 11.0. The molecule has 0 spiro atoms. The van der Waals surface area contributed by atoms with Crippen molar-refractivity contribution in [1.82, 2.24) is 14.8 Å². The summed E-state index contributed by atoms with van der Waals surface area (Å²) in [6, 6.07) is 23.0. The highest BCUT2D eigenvalue weighted by Crippen LogP contribution is 2.32. The molecule has 4 aromatic rings. The van der Waals surface area contributed by atoms with Crippen LogP contribution in [0.25, 0.3) is 17.1 Å². The average Bonchev–Trinajstić information content (AvgIpc) is 3.12. The van der Waals surface area contributed by atoms with E-state index >= 15 is 0 Å². The first-order valence-corrected chi connectivity index (χ1v) is 10.1. The van der Waals surface area contributed by atoms with E-state index in [4.69, 9.17) is 0 Å². The van der Waals surface area contributed by atoms with E-state index < -0.39 is 0 Å². The molecule has 0 saturated carbocycles. The zero-order valence-electron chi connectivity index (χ0n) is 15.8. The summed E-state index contributed by atoms with van der Waals surface area (Å²) >= 11 is 1.60. The fraction of sp³-hybridized carbons (Fsp3) is 0.130. The van der Waals surface area contributed by atoms with E-state index in [0.29, 0.717) is 5.75 Å². The minimum Gasteiger partial charge on any atom is -0.270 e. The van der Waals surface area contributed by atoms with Crippen LogP contribution >= 0.6 is 11.8 Å². The van der Waals surface area contributed by atoms with E-state index in [1.54, 1.807) is 23.9 Å². The lowest BCUT2D eigenvalue weighted by molar-refractivity contribution is 0.627. The van der Waals surface area contributed by atoms with Gasteiger partial charge in [-0.05, 0) is 48.7 Å². The van der Waals surface area contributed by atoms with Crippen molar-refractivity contribution < 1.29 is 4.39 Å². The maximum Gasteiger partial charge on any atom is 0.196 e. The van der Waals surface area contributed by atoms with Gasteiger partial charge in [-0.3, -0.25) is 4.57 Å². The summed E-state index contributed by atoms with van der Waals surface area (Å²) in [7, 11) is 0. The summed E-state index contributed by atoms with van der Waals surface area (Å²) in [6.07, 6.45) is 0. The number of aromatic nitrogens is 3. The third-order valence-corrected chi connectivity index (χ3v) is 5.66. The molecule has 140 valence electrons. The summed E-state index contributed by atoms with van der Waals surface area (Å²) in [5.41, 5.74) is 5.48. The molecule has 28 heavy (non-hydrogen) atoms. The second-order valence-electron chi connectivity index (χ2n) is 6.66. The Morgan fingerprint density at radius 1 is 0.821 bits per heavy atom. The Balaban J connectivity index is 1.77. The zero-order valence-corrected chi connectivity index (χ0v) is 16.6. The van der Waals surface area contributed by atoms with Crippen molar-refractivity contribution in [3.8, 4) is 17.1 Å². The predicted molar refractivity (Wildman–Crippen MR) is 112 cm³/mol. The van der Waals surface area contributed by atoms with Crippen LogP contribution < -0.4 is 0 Å². The van der Waals surface area contributed by atoms with Crippen molar-refractivity contribution in [3.63, 3.8) is 0 Å². The number of aryl methyl sites for hydroxylation is 2. The van der Waals surface area contributed by atoms with Crippen molar-refractivity contribution in [2.75, 3.05) is 0 Å². The quantitative estimate of drug-likeness (QED) is 0.393. The lowest BCUT2D eigenvalue weighted by Crippen LogP contribution is -2.02. The summed E-state index contributed by atoms with van der Waals surface area (Å²) < 4.78 is 15.3. The van der Waals surface area contributed by atoms with Gasteiger partial charge in [-0.25, -0.2) is 4.39 Å². The fourth-order valence-electron chi connectivity index (χ4n) is 3.12. The molecule has 0 saturated heterocycles. The van der Waals surface area contributed by atoms with Crippen LogP contribution in [0.2, 0.25) is 0 Å². The lowest BCUT2D eigenvalue weighted by atomic mass is 10.1. The molecule has 0 aliphatic carbocycles. The van der Waals surface area contributed by atoms with Crippen LogP contribution in [-0.4, -0.2) is 14.8 Å². The van der Waals surface area contributed by atoms with E-state index in [1.165, 1.54) is 12.1 Å². The Kier molecular flexibility index (Phi) is 5.26. The molecule has 4 rings (SSSR count). The Bertz CT molecular complexity index is 1100. The molecular weight excluding hydrogens is 369 g/mol. The Hall–Kier alpha value is -2.92. The van der Waals surface area contributed by atoms with Crippen molar-refractivity contribution in [2.24, 2.45) is 0 Å². The van der Waals surface area contributed by atoms with E-state index in [9.17, 15) is 4.39 Å². The molecule has 0 atom stereocenters. The monoisotopic (exact) mass is 389 g/mol. The summed E-state index contributed by atoms with van der Waals surface area (Å²) in [5.74, 6) is 1.30. The summed E-state index contributed by atoms with van der Waals surface area (Å²) in [5, 5.41) is 9.83. The molecule has 1 heterocycles. The van der Waals surface area contributed by atoms with E-state index in [2.05, 4.69) is 52.9 Å². The third kappa shape index (κ3) is 3.71. The van der Waals surface area contributed by atoms with Crippen LogP contribution in [0, 0.1) is 19.7 Å². The minimum atomic E-state index is -0.223. The maximum absolute atomic E-state index is 13.2. The van der Waals surface area contributed by atoms with Gasteiger partial charge in [0.2, 0.25) is 0 Å². The van der Waals surface area contributed by atoms with Crippen molar-refractivity contribution in [3.05, 3.63) is 95.3 Å². The third-order valence-electron chi connectivity index (χ3n) is 4.66. The van der Waals surface area contributed by atoms with Crippen LogP contribution in [0.4, 0.5) is 4.39 Å². The number of hydrogen-bond acceptors (Lipinski definition) is 3. The highest BCUT2D eigenvalue weighted by Gasteiger charge is 2.18. The Labute approximate surface area is 168 Å². The van der Waals surface area contributed by atoms with Gasteiger partial charge < -0.3 is 0 Å². The van der Waals surface area contributed by atoms with Crippen molar-refractivity contribution >= 4 is 11.8 Å². The topological polar surface area (TPSA) is 30.7 Å². The van der Waals surface area contributed by atoms with Gasteiger partial charge in [0.05, 0.1) is 5.69 Å². The zero-order chi connectivity index (χ0) is 19.5. The Morgan fingerprint density at radius 3 is 2.21 bits per heavy atom. The van der Waals surface area contributed by atoms with E-state index in [-0.39, 0.29) is 5.82 Å². The number of benzene rings is 3. The number of para-hydroxylation sites is 1. The first kappa shape index (κ1) is 18.4. The molecule has 0 fully saturated rings. The summed E-state index contributed by atoms with van der Waals surface area (Å²) in [4.78, 5) is 0. The molecule has 0 amide bonds. The first-order chi connectivity index (χ1) is 13.6. The van der Waals surface area contributed by atoms with Crippen molar-refractivity contribution in [2.45, 2.75) is 24.8 Å². The fourth-order valence-corrected chi connectivity index (χ4v) is 4.02. The largest absolute Gasteiger partial charge is 0.270 e. The maximum atomic E-state index is 13.2. The molecule has 0 unspecified atom stereocenters. The van der Waals surface area contributed by atoms with Gasteiger partial charge in [-0.15, -0.1) is 10.2 Å². The van der Waals surface area contributed by atoms with Gasteiger partial charge in [0.25, 0.3) is 0 Å². The molecule has 0 N–H and O–H groups in total. The van der Waals surface area contributed by atoms with Gasteiger partial charge >= 0.3 is 0 Å². The lowest BCUT2D eigenvalue weighted by Gasteiger charge is -2.14. The molecule has 5 heteroatoms. The van der Waals surface area contributed by atoms with E-state index in [1.807, 2.05) is 24.3 Å². The van der Waals surface area contributed by atoms with Crippen LogP contribution in [-0.2, 0) is 5.75 Å². The highest BCUT2D eigenvalue weighted by atomic mass is 32.2. The second kappa shape index (κ2) is 7.98. The smallest absolute Gasteiger partial charge is 0.196 e. The molecule has 0 bridgehead atoms. The van der Waals surface area contributed by atoms with Crippen LogP contribution in [0.15, 0.2) is 78.0 Å². The van der Waals surface area contributed by atoms with Crippen LogP contribution in [0.3, 0.4) is 0 Å². The molecule has 0 aliphatic heterocycles. The molecule has 3 nitrogen and oxygen atoms in total. The molecule has 0 aliphatic rings. The number of thioether (sulfide) groups is 1. The number of halogens is 1. The molecular formula is C23H20FN3S. The van der Waals surface area contributed by atoms with Crippen LogP contribution in [0.1, 0.15) is 16.7 Å². The SMILES string of the molecule is Cc1ccccc1-c1nnc(SCc2ccc(F)cc2)n1-c1ccccc1C. The van der Waals surface area contributed by atoms with Gasteiger partial charge in [0.15, 0.2) is 11.0 Å². The van der Waals surface area contributed by atoms with Gasteiger partial charge in [-0.1, -0.05) is 66.4 Å². The van der Waals surface area contributed by atoms with Gasteiger partial charge in [0, 0.05) is 11.3 Å². The Morgan fingerprint density at radius 2 is 1.50 bits per heavy atom. The van der Waals surface area contributed by atoms with E-state index in [0.717, 1.165) is 38.9 Å². The van der Waals surface area contributed by atoms with Gasteiger partial charge in [-0.2, -0.15) is 0 Å². The standard InChI is InChI=1S/C23H20FN3S/c1-16-7-3-5-9-20(16)22-25-26-23(27(22)21-10-6-4-8-17(21)2)28-15-18-11-13-19(24)14-12-18/h3-14H,15H2,1-2H3. The van der Waals surface area contributed by atoms with Crippen LogP contribution in [0.5, 0.6) is 0 Å². The van der Waals surface area contributed by atoms with Gasteiger partial charge in [0.1, 0.15) is 5.82 Å². The van der Waals surface area contributed by atoms with Crippen molar-refractivity contribution in [1.29, 1.82) is 0 Å². The first-order valence-electron chi connectivity index (χ1n) is 9.08. The average molecular weight is 389 g/mol. The summed E-state index contributed by atoms with van der Waals surface area (Å²) in [6.45, 7) is 4.17. The number of nitrogens with zero attached hydrogens (tertiary/aromatic N) is 3. The second-order valence-corrected chi connectivity index (χ2v) is 7.60. The minimum absolute atomic E-state index is 0.223. The predicted octanol–water partition coefficient (Wildman–Crippen LogP) is 5.98. The molecule has 1 aromatic heterocycles. The molecule has 0 radical (unpaired) electrons.